The Bertz CT molecular complexity index is 604. The average molecular weight is 309 g/mol. The first-order valence-corrected chi connectivity index (χ1v) is 5.84. The summed E-state index contributed by atoms with van der Waals surface area (Å²) in [5.41, 5.74) is -4.35. The number of phenolic OH excluding ortho intramolecular Hbond substituents is 1. The fraction of sp³-hybridized carbons (Fsp3) is 0.250. The Labute approximate surface area is 102 Å². The zero-order chi connectivity index (χ0) is 15.2. The summed E-state index contributed by atoms with van der Waals surface area (Å²) in [4.78, 5) is -1.63. The zero-order valence-corrected chi connectivity index (χ0v) is 9.49. The second-order valence-electron chi connectivity index (χ2n) is 3.38. The number of hydrogen-bond acceptors (Lipinski definition) is 3. The van der Waals surface area contributed by atoms with Gasteiger partial charge in [0.25, 0.3) is 0 Å². The molecule has 0 aromatic heterocycles. The average Bonchev–Trinajstić information content (AvgIpc) is 2.11. The number of nitrogens with two attached hydrogens (primary N) is 1. The molecule has 4 nitrogen and oxygen atoms in total. The van der Waals surface area contributed by atoms with Crippen molar-refractivity contribution in [3.8, 4) is 5.75 Å². The van der Waals surface area contributed by atoms with Crippen LogP contribution in [0.1, 0.15) is 11.1 Å². The van der Waals surface area contributed by atoms with E-state index in [0.29, 0.717) is 0 Å². The smallest absolute Gasteiger partial charge is 0.421 e. The largest absolute Gasteiger partial charge is 0.507 e. The predicted octanol–water partition coefficient (Wildman–Crippen LogP) is 2.08. The van der Waals surface area contributed by atoms with Crippen molar-refractivity contribution >= 4 is 10.0 Å². The Morgan fingerprint density at radius 2 is 1.47 bits per heavy atom. The standard InChI is InChI=1S/C8H5F6NO3S/c9-7(10,11)3-1-2-4(19(15,17)18)5(6(3)16)8(12,13)14/h1-2,16H,(H2,15,17,18). The van der Waals surface area contributed by atoms with Gasteiger partial charge >= 0.3 is 12.4 Å². The van der Waals surface area contributed by atoms with E-state index in [0.717, 1.165) is 0 Å². The minimum Gasteiger partial charge on any atom is -0.507 e. The topological polar surface area (TPSA) is 80.4 Å². The Hall–Kier alpha value is -1.49. The molecular formula is C8H5F6NO3S. The fourth-order valence-corrected chi connectivity index (χ4v) is 2.07. The number of aromatic hydroxyl groups is 1. The van der Waals surface area contributed by atoms with Crippen LogP contribution in [-0.2, 0) is 22.4 Å². The van der Waals surface area contributed by atoms with Crippen LogP contribution >= 0.6 is 0 Å². The van der Waals surface area contributed by atoms with Crippen LogP contribution in [0.25, 0.3) is 0 Å². The molecule has 0 unspecified atom stereocenters. The third-order valence-corrected chi connectivity index (χ3v) is 2.99. The monoisotopic (exact) mass is 309 g/mol. The van der Waals surface area contributed by atoms with Crippen LogP contribution in [0.4, 0.5) is 26.3 Å². The highest BCUT2D eigenvalue weighted by molar-refractivity contribution is 7.89. The number of benzene rings is 1. The molecule has 0 aliphatic rings. The molecule has 0 saturated carbocycles. The highest BCUT2D eigenvalue weighted by Crippen LogP contribution is 2.45. The number of hydrogen-bond donors (Lipinski definition) is 2. The molecule has 0 atom stereocenters. The van der Waals surface area contributed by atoms with Crippen LogP contribution in [-0.4, -0.2) is 13.5 Å². The van der Waals surface area contributed by atoms with Crippen molar-refractivity contribution in [2.24, 2.45) is 5.14 Å². The molecule has 0 radical (unpaired) electrons. The molecule has 3 N–H and O–H groups in total. The molecule has 1 aromatic carbocycles. The van der Waals surface area contributed by atoms with Gasteiger partial charge in [-0.3, -0.25) is 0 Å². The molecule has 0 spiro atoms. The van der Waals surface area contributed by atoms with Gasteiger partial charge in [-0.05, 0) is 12.1 Å². The predicted molar refractivity (Wildman–Crippen MR) is 49.5 cm³/mol. The lowest BCUT2D eigenvalue weighted by Crippen LogP contribution is -2.20. The van der Waals surface area contributed by atoms with Crippen molar-refractivity contribution in [3.63, 3.8) is 0 Å². The van der Waals surface area contributed by atoms with Gasteiger partial charge in [-0.2, -0.15) is 26.3 Å². The summed E-state index contributed by atoms with van der Waals surface area (Å²) in [6.45, 7) is 0. The maximum absolute atomic E-state index is 12.6. The van der Waals surface area contributed by atoms with Gasteiger partial charge in [0, 0.05) is 0 Å². The van der Waals surface area contributed by atoms with Crippen LogP contribution in [0.2, 0.25) is 0 Å². The van der Waals surface area contributed by atoms with Crippen LogP contribution in [0.5, 0.6) is 5.75 Å². The number of halogens is 6. The number of primary sulfonamides is 1. The molecule has 0 saturated heterocycles. The van der Waals surface area contributed by atoms with Gasteiger partial charge in [-0.25, -0.2) is 13.6 Å². The molecule has 0 aliphatic heterocycles. The number of alkyl halides is 6. The van der Waals surface area contributed by atoms with E-state index in [2.05, 4.69) is 5.14 Å². The maximum Gasteiger partial charge on any atom is 0.421 e. The first kappa shape index (κ1) is 15.6. The van der Waals surface area contributed by atoms with Crippen LogP contribution < -0.4 is 5.14 Å². The van der Waals surface area contributed by atoms with Gasteiger partial charge in [0.05, 0.1) is 10.5 Å². The van der Waals surface area contributed by atoms with E-state index in [-0.39, 0.29) is 12.1 Å². The van der Waals surface area contributed by atoms with Crippen molar-refractivity contribution in [1.82, 2.24) is 0 Å². The molecule has 1 rings (SSSR count). The summed E-state index contributed by atoms with van der Waals surface area (Å²) in [6, 6.07) is 0.0466. The quantitative estimate of drug-likeness (QED) is 0.779. The Morgan fingerprint density at radius 3 is 1.79 bits per heavy atom. The SMILES string of the molecule is NS(=O)(=O)c1ccc(C(F)(F)F)c(O)c1C(F)(F)F. The Kier molecular flexibility index (Phi) is 3.50. The highest BCUT2D eigenvalue weighted by Gasteiger charge is 2.44. The molecule has 0 amide bonds. The van der Waals surface area contributed by atoms with Gasteiger partial charge in [0.1, 0.15) is 11.3 Å². The van der Waals surface area contributed by atoms with Crippen molar-refractivity contribution in [2.45, 2.75) is 17.2 Å². The van der Waals surface area contributed by atoms with Crippen LogP contribution in [0, 0.1) is 0 Å². The summed E-state index contributed by atoms with van der Waals surface area (Å²) in [6.07, 6.45) is -10.8. The Balaban J connectivity index is 3.81. The molecule has 108 valence electrons. The van der Waals surface area contributed by atoms with Gasteiger partial charge in [0.2, 0.25) is 10.0 Å². The van der Waals surface area contributed by atoms with E-state index in [4.69, 9.17) is 5.11 Å². The maximum atomic E-state index is 12.6. The molecule has 11 heteroatoms. The summed E-state index contributed by atoms with van der Waals surface area (Å²) >= 11 is 0. The first-order valence-electron chi connectivity index (χ1n) is 4.29. The number of phenols is 1. The normalized spacial score (nSPS) is 13.6. The molecule has 0 bridgehead atoms. The summed E-state index contributed by atoms with van der Waals surface area (Å²) in [7, 11) is -4.95. The van der Waals surface area contributed by atoms with E-state index in [1.54, 1.807) is 0 Å². The molecule has 0 aliphatic carbocycles. The number of sulfonamides is 1. The molecule has 0 heterocycles. The molecule has 19 heavy (non-hydrogen) atoms. The lowest BCUT2D eigenvalue weighted by Gasteiger charge is -2.17. The number of rotatable bonds is 1. The van der Waals surface area contributed by atoms with Crippen molar-refractivity contribution in [1.29, 1.82) is 0 Å². The summed E-state index contributed by atoms with van der Waals surface area (Å²) < 4.78 is 96.5. The lowest BCUT2D eigenvalue weighted by atomic mass is 10.1. The third kappa shape index (κ3) is 3.10. The van der Waals surface area contributed by atoms with Crippen molar-refractivity contribution in [3.05, 3.63) is 23.3 Å². The zero-order valence-electron chi connectivity index (χ0n) is 8.67. The minimum absolute atomic E-state index is 0.00428. The van der Waals surface area contributed by atoms with E-state index >= 15 is 0 Å². The summed E-state index contributed by atoms with van der Waals surface area (Å²) in [5.74, 6) is -2.23. The van der Waals surface area contributed by atoms with Gasteiger partial charge in [-0.1, -0.05) is 0 Å². The van der Waals surface area contributed by atoms with Gasteiger partial charge in [0.15, 0.2) is 0 Å². The van der Waals surface area contributed by atoms with E-state index in [9.17, 15) is 34.8 Å². The first-order chi connectivity index (χ1) is 8.26. The second kappa shape index (κ2) is 4.27. The minimum atomic E-state index is -5.52. The molecular weight excluding hydrogens is 304 g/mol. The summed E-state index contributed by atoms with van der Waals surface area (Å²) in [5, 5.41) is 13.5. The lowest BCUT2D eigenvalue weighted by molar-refractivity contribution is -0.146. The third-order valence-electron chi connectivity index (χ3n) is 2.04. The van der Waals surface area contributed by atoms with E-state index in [1.165, 1.54) is 0 Å². The molecule has 1 aromatic rings. The highest BCUT2D eigenvalue weighted by atomic mass is 32.2. The molecule has 0 fully saturated rings. The van der Waals surface area contributed by atoms with Crippen molar-refractivity contribution < 1.29 is 39.9 Å². The van der Waals surface area contributed by atoms with E-state index in [1.807, 2.05) is 0 Å². The van der Waals surface area contributed by atoms with Gasteiger partial charge in [-0.15, -0.1) is 0 Å². The van der Waals surface area contributed by atoms with Gasteiger partial charge < -0.3 is 5.11 Å². The second-order valence-corrected chi connectivity index (χ2v) is 4.91. The Morgan fingerprint density at radius 1 is 1.00 bits per heavy atom. The van der Waals surface area contributed by atoms with Crippen LogP contribution in [0.15, 0.2) is 17.0 Å². The van der Waals surface area contributed by atoms with E-state index < -0.39 is 44.1 Å². The van der Waals surface area contributed by atoms with Crippen molar-refractivity contribution in [2.75, 3.05) is 0 Å². The fourth-order valence-electron chi connectivity index (χ4n) is 1.31. The van der Waals surface area contributed by atoms with Crippen LogP contribution in [0.3, 0.4) is 0 Å².